The van der Waals surface area contributed by atoms with Crippen molar-refractivity contribution in [1.29, 1.82) is 0 Å². The van der Waals surface area contributed by atoms with E-state index in [1.165, 1.54) is 0 Å². The molecule has 0 spiro atoms. The van der Waals surface area contributed by atoms with Crippen LogP contribution in [0.1, 0.15) is 22.8 Å². The van der Waals surface area contributed by atoms with Gasteiger partial charge < -0.3 is 10.1 Å². The van der Waals surface area contributed by atoms with Gasteiger partial charge in [0.1, 0.15) is 5.75 Å². The van der Waals surface area contributed by atoms with E-state index < -0.39 is 0 Å². The number of carbonyl (C=O) groups is 1. The Balaban J connectivity index is 1.62. The van der Waals surface area contributed by atoms with Gasteiger partial charge in [-0.05, 0) is 47.9 Å². The Hall–Kier alpha value is -3.07. The van der Waals surface area contributed by atoms with Crippen LogP contribution in [0.3, 0.4) is 0 Å². The minimum Gasteiger partial charge on any atom is -0.494 e. The highest BCUT2D eigenvalue weighted by Crippen LogP contribution is 2.19. The number of amides is 1. The molecule has 3 aromatic carbocycles. The molecule has 3 nitrogen and oxygen atoms in total. The number of ether oxygens (including phenoxy) is 1. The summed E-state index contributed by atoms with van der Waals surface area (Å²) >= 11 is 0. The van der Waals surface area contributed by atoms with Crippen LogP contribution in [0, 0.1) is 0 Å². The first kappa shape index (κ1) is 16.8. The summed E-state index contributed by atoms with van der Waals surface area (Å²) in [7, 11) is 0. The molecule has 1 amide bonds. The van der Waals surface area contributed by atoms with Crippen molar-refractivity contribution >= 4 is 5.91 Å². The molecule has 0 bridgehead atoms. The van der Waals surface area contributed by atoms with E-state index in [1.807, 2.05) is 73.7 Å². The van der Waals surface area contributed by atoms with Gasteiger partial charge in [0.05, 0.1) is 6.61 Å². The molecular weight excluding hydrogens is 310 g/mol. The zero-order valence-electron chi connectivity index (χ0n) is 14.2. The molecule has 0 atom stereocenters. The monoisotopic (exact) mass is 331 g/mol. The van der Waals surface area contributed by atoms with Gasteiger partial charge in [-0.25, -0.2) is 0 Å². The summed E-state index contributed by atoms with van der Waals surface area (Å²) < 4.78 is 5.48. The third-order valence-corrected chi connectivity index (χ3v) is 3.92. The number of nitrogens with one attached hydrogen (secondary N) is 1. The molecule has 0 aliphatic carbocycles. The average Bonchev–Trinajstić information content (AvgIpc) is 2.67. The van der Waals surface area contributed by atoms with Crippen LogP contribution in [0.4, 0.5) is 0 Å². The highest BCUT2D eigenvalue weighted by atomic mass is 16.5. The van der Waals surface area contributed by atoms with E-state index in [0.29, 0.717) is 18.7 Å². The van der Waals surface area contributed by atoms with Crippen LogP contribution >= 0.6 is 0 Å². The molecule has 1 N–H and O–H groups in total. The van der Waals surface area contributed by atoms with Gasteiger partial charge in [0.2, 0.25) is 0 Å². The van der Waals surface area contributed by atoms with Gasteiger partial charge in [0.15, 0.2) is 0 Å². The van der Waals surface area contributed by atoms with Crippen molar-refractivity contribution in [3.05, 3.63) is 90.0 Å². The Kier molecular flexibility index (Phi) is 5.47. The number of hydrogen-bond acceptors (Lipinski definition) is 2. The molecule has 3 rings (SSSR count). The second-order valence-electron chi connectivity index (χ2n) is 5.71. The first-order valence-electron chi connectivity index (χ1n) is 8.41. The zero-order valence-corrected chi connectivity index (χ0v) is 14.2. The molecule has 0 unspecified atom stereocenters. The molecule has 3 aromatic rings. The highest BCUT2D eigenvalue weighted by Gasteiger charge is 2.06. The summed E-state index contributed by atoms with van der Waals surface area (Å²) in [5, 5.41) is 2.95. The van der Waals surface area contributed by atoms with E-state index in [2.05, 4.69) is 17.4 Å². The lowest BCUT2D eigenvalue weighted by Crippen LogP contribution is -2.22. The van der Waals surface area contributed by atoms with Crippen molar-refractivity contribution in [3.8, 4) is 16.9 Å². The van der Waals surface area contributed by atoms with Gasteiger partial charge in [0.25, 0.3) is 5.91 Å². The van der Waals surface area contributed by atoms with Gasteiger partial charge in [-0.15, -0.1) is 0 Å². The third-order valence-electron chi connectivity index (χ3n) is 3.92. The second kappa shape index (κ2) is 8.15. The zero-order chi connectivity index (χ0) is 17.5. The van der Waals surface area contributed by atoms with Gasteiger partial charge in [-0.2, -0.15) is 0 Å². The maximum absolute atomic E-state index is 12.3. The standard InChI is InChI=1S/C22H21NO2/c1-2-25-21-10-6-7-17(15-21)16-23-22(24)20-13-11-19(12-14-20)18-8-4-3-5-9-18/h3-15H,2,16H2,1H3,(H,23,24). The minimum atomic E-state index is -0.0820. The maximum Gasteiger partial charge on any atom is 0.251 e. The van der Waals surface area contributed by atoms with Crippen molar-refractivity contribution in [3.63, 3.8) is 0 Å². The van der Waals surface area contributed by atoms with E-state index in [4.69, 9.17) is 4.74 Å². The lowest BCUT2D eigenvalue weighted by molar-refractivity contribution is 0.0951. The van der Waals surface area contributed by atoms with Gasteiger partial charge in [-0.3, -0.25) is 4.79 Å². The second-order valence-corrected chi connectivity index (χ2v) is 5.71. The number of carbonyl (C=O) groups excluding carboxylic acids is 1. The fourth-order valence-corrected chi connectivity index (χ4v) is 2.64. The van der Waals surface area contributed by atoms with Crippen molar-refractivity contribution in [1.82, 2.24) is 5.32 Å². The third kappa shape index (κ3) is 4.48. The molecule has 0 radical (unpaired) electrons. The van der Waals surface area contributed by atoms with Gasteiger partial charge in [0, 0.05) is 12.1 Å². The fourth-order valence-electron chi connectivity index (χ4n) is 2.64. The first-order chi connectivity index (χ1) is 12.3. The predicted molar refractivity (Wildman–Crippen MR) is 101 cm³/mol. The first-order valence-corrected chi connectivity index (χ1v) is 8.41. The highest BCUT2D eigenvalue weighted by molar-refractivity contribution is 5.94. The van der Waals surface area contributed by atoms with Crippen LogP contribution in [0.15, 0.2) is 78.9 Å². The van der Waals surface area contributed by atoms with Crippen molar-refractivity contribution in [2.45, 2.75) is 13.5 Å². The van der Waals surface area contributed by atoms with Gasteiger partial charge >= 0.3 is 0 Å². The van der Waals surface area contributed by atoms with Gasteiger partial charge in [-0.1, -0.05) is 54.6 Å². The average molecular weight is 331 g/mol. The Morgan fingerprint density at radius 3 is 2.32 bits per heavy atom. The topological polar surface area (TPSA) is 38.3 Å². The van der Waals surface area contributed by atoms with Crippen LogP contribution < -0.4 is 10.1 Å². The minimum absolute atomic E-state index is 0.0820. The lowest BCUT2D eigenvalue weighted by atomic mass is 10.0. The van der Waals surface area contributed by atoms with Crippen LogP contribution in [0.5, 0.6) is 5.75 Å². The normalized spacial score (nSPS) is 10.3. The van der Waals surface area contributed by atoms with E-state index >= 15 is 0 Å². The molecular formula is C22H21NO2. The summed E-state index contributed by atoms with van der Waals surface area (Å²) in [6.45, 7) is 3.05. The molecule has 25 heavy (non-hydrogen) atoms. The lowest BCUT2D eigenvalue weighted by Gasteiger charge is -2.08. The molecule has 0 aromatic heterocycles. The summed E-state index contributed by atoms with van der Waals surface area (Å²) in [5.74, 6) is 0.739. The summed E-state index contributed by atoms with van der Waals surface area (Å²) in [5.41, 5.74) is 3.91. The number of benzene rings is 3. The predicted octanol–water partition coefficient (Wildman–Crippen LogP) is 4.68. The van der Waals surface area contributed by atoms with E-state index in [-0.39, 0.29) is 5.91 Å². The summed E-state index contributed by atoms with van der Waals surface area (Å²) in [6.07, 6.45) is 0. The van der Waals surface area contributed by atoms with Crippen LogP contribution in [-0.4, -0.2) is 12.5 Å². The Bertz CT molecular complexity index is 826. The smallest absolute Gasteiger partial charge is 0.251 e. The molecule has 3 heteroatoms. The maximum atomic E-state index is 12.3. The van der Waals surface area contributed by atoms with Crippen molar-refractivity contribution in [2.75, 3.05) is 6.61 Å². The van der Waals surface area contributed by atoms with E-state index in [0.717, 1.165) is 22.4 Å². The number of rotatable bonds is 6. The Morgan fingerprint density at radius 2 is 1.60 bits per heavy atom. The van der Waals surface area contributed by atoms with E-state index in [9.17, 15) is 4.79 Å². The van der Waals surface area contributed by atoms with Crippen molar-refractivity contribution < 1.29 is 9.53 Å². The van der Waals surface area contributed by atoms with Crippen molar-refractivity contribution in [2.24, 2.45) is 0 Å². The Morgan fingerprint density at radius 1 is 0.880 bits per heavy atom. The molecule has 0 saturated heterocycles. The fraction of sp³-hybridized carbons (Fsp3) is 0.136. The van der Waals surface area contributed by atoms with E-state index in [1.54, 1.807) is 0 Å². The molecule has 0 aliphatic rings. The Labute approximate surface area is 148 Å². The molecule has 0 aliphatic heterocycles. The summed E-state index contributed by atoms with van der Waals surface area (Å²) in [6, 6.07) is 25.5. The van der Waals surface area contributed by atoms with Crippen LogP contribution in [-0.2, 0) is 6.54 Å². The summed E-state index contributed by atoms with van der Waals surface area (Å²) in [4.78, 5) is 12.3. The van der Waals surface area contributed by atoms with Crippen LogP contribution in [0.25, 0.3) is 11.1 Å². The van der Waals surface area contributed by atoms with Crippen LogP contribution in [0.2, 0.25) is 0 Å². The molecule has 0 fully saturated rings. The molecule has 0 saturated carbocycles. The molecule has 0 heterocycles. The SMILES string of the molecule is CCOc1cccc(CNC(=O)c2ccc(-c3ccccc3)cc2)c1. The number of hydrogen-bond donors (Lipinski definition) is 1. The largest absolute Gasteiger partial charge is 0.494 e. The molecule has 126 valence electrons. The quantitative estimate of drug-likeness (QED) is 0.712.